The zero-order valence-electron chi connectivity index (χ0n) is 21.9. The summed E-state index contributed by atoms with van der Waals surface area (Å²) < 4.78 is 61.1. The topological polar surface area (TPSA) is 65.9 Å². The first kappa shape index (κ1) is 27.8. The Morgan fingerprint density at radius 3 is 2.38 bits per heavy atom. The second-order valence-corrected chi connectivity index (χ2v) is 11.3. The lowest BCUT2D eigenvalue weighted by molar-refractivity contribution is -0.256. The van der Waals surface area contributed by atoms with Gasteiger partial charge < -0.3 is 19.6 Å². The molecule has 5 rings (SSSR count). The van der Waals surface area contributed by atoms with E-state index in [-0.39, 0.29) is 42.7 Å². The number of alkyl halides is 3. The second kappa shape index (κ2) is 11.4. The summed E-state index contributed by atoms with van der Waals surface area (Å²) in [6.07, 6.45) is 0.828. The largest absolute Gasteiger partial charge is 0.490 e. The molecule has 3 fully saturated rings. The number of aliphatic hydroxyl groups excluding tert-OH is 1. The zero-order chi connectivity index (χ0) is 27.6. The van der Waals surface area contributed by atoms with Crippen LogP contribution in [0.3, 0.4) is 0 Å². The summed E-state index contributed by atoms with van der Waals surface area (Å²) in [6, 6.07) is 7.99. The number of amides is 1. The normalized spacial score (nSPS) is 22.4. The van der Waals surface area contributed by atoms with Crippen LogP contribution >= 0.6 is 0 Å². The molecule has 1 aliphatic carbocycles. The summed E-state index contributed by atoms with van der Waals surface area (Å²) >= 11 is 0. The second-order valence-electron chi connectivity index (χ2n) is 11.3. The van der Waals surface area contributed by atoms with Crippen molar-refractivity contribution in [1.82, 2.24) is 14.8 Å². The van der Waals surface area contributed by atoms with Gasteiger partial charge in [-0.05, 0) is 81.3 Å². The van der Waals surface area contributed by atoms with E-state index < -0.39 is 23.5 Å². The van der Waals surface area contributed by atoms with Crippen molar-refractivity contribution < 1.29 is 32.2 Å². The van der Waals surface area contributed by atoms with E-state index in [0.717, 1.165) is 19.3 Å². The fraction of sp³-hybridized carbons (Fsp3) is 0.586. The molecule has 0 bridgehead atoms. The molecule has 1 aromatic heterocycles. The van der Waals surface area contributed by atoms with E-state index in [1.54, 1.807) is 29.2 Å². The molecule has 10 heteroatoms. The fourth-order valence-corrected chi connectivity index (χ4v) is 5.87. The number of likely N-dealkylation sites (tertiary alicyclic amines) is 2. The first-order valence-corrected chi connectivity index (χ1v) is 13.8. The van der Waals surface area contributed by atoms with Gasteiger partial charge in [0.1, 0.15) is 5.69 Å². The molecule has 0 spiro atoms. The highest BCUT2D eigenvalue weighted by Gasteiger charge is 2.58. The number of β-amino-alcohol motifs (C(OH)–C–C–N with tert-alkyl or cyclic N) is 1. The summed E-state index contributed by atoms with van der Waals surface area (Å²) in [5, 5.41) is 9.81. The molecule has 3 heterocycles. The number of aromatic nitrogens is 1. The van der Waals surface area contributed by atoms with Crippen molar-refractivity contribution in [2.24, 2.45) is 11.3 Å². The Morgan fingerprint density at radius 2 is 1.79 bits per heavy atom. The van der Waals surface area contributed by atoms with Crippen molar-refractivity contribution in [3.05, 3.63) is 48.0 Å². The highest BCUT2D eigenvalue weighted by Crippen LogP contribution is 2.53. The molecule has 1 unspecified atom stereocenters. The van der Waals surface area contributed by atoms with Crippen molar-refractivity contribution >= 4 is 5.91 Å². The molecule has 0 radical (unpaired) electrons. The lowest BCUT2D eigenvalue weighted by Gasteiger charge is -2.47. The van der Waals surface area contributed by atoms with E-state index in [9.17, 15) is 27.5 Å². The predicted molar refractivity (Wildman–Crippen MR) is 138 cm³/mol. The molecule has 3 aliphatic rings. The first-order valence-electron chi connectivity index (χ1n) is 13.8. The molecule has 2 aromatic rings. The van der Waals surface area contributed by atoms with Gasteiger partial charge in [0.25, 0.3) is 5.91 Å². The molecule has 2 aliphatic heterocycles. The van der Waals surface area contributed by atoms with Gasteiger partial charge in [-0.1, -0.05) is 18.6 Å². The quantitative estimate of drug-likeness (QED) is 0.475. The maximum absolute atomic E-state index is 14.8. The average molecular weight is 550 g/mol. The van der Waals surface area contributed by atoms with Crippen molar-refractivity contribution in [2.75, 3.05) is 39.3 Å². The van der Waals surface area contributed by atoms with Crippen LogP contribution in [-0.2, 0) is 0 Å². The number of nitrogens with zero attached hydrogens (tertiary/aromatic N) is 3. The van der Waals surface area contributed by atoms with Gasteiger partial charge in [0, 0.05) is 31.4 Å². The highest BCUT2D eigenvalue weighted by molar-refractivity contribution is 5.92. The number of ether oxygens (including phenoxy) is 1. The van der Waals surface area contributed by atoms with Gasteiger partial charge in [-0.25, -0.2) is 4.39 Å². The average Bonchev–Trinajstić information content (AvgIpc) is 2.89. The molecular weight excluding hydrogens is 514 g/mol. The number of pyridine rings is 1. The van der Waals surface area contributed by atoms with Crippen LogP contribution in [0.15, 0.2) is 36.5 Å². The summed E-state index contributed by atoms with van der Waals surface area (Å²) in [5.74, 6) is -0.442. The molecule has 1 aromatic carbocycles. The van der Waals surface area contributed by atoms with E-state index in [0.29, 0.717) is 56.8 Å². The van der Waals surface area contributed by atoms with E-state index in [1.165, 1.54) is 12.3 Å². The Morgan fingerprint density at radius 1 is 1.05 bits per heavy atom. The van der Waals surface area contributed by atoms with Crippen LogP contribution in [-0.4, -0.2) is 77.4 Å². The third-order valence-electron chi connectivity index (χ3n) is 8.55. The minimum Gasteiger partial charge on any atom is -0.490 e. The van der Waals surface area contributed by atoms with Gasteiger partial charge in [-0.3, -0.25) is 9.78 Å². The van der Waals surface area contributed by atoms with Crippen molar-refractivity contribution in [2.45, 2.75) is 57.2 Å². The first-order chi connectivity index (χ1) is 18.6. The predicted octanol–water partition coefficient (Wildman–Crippen LogP) is 5.31. The lowest BCUT2D eigenvalue weighted by Crippen LogP contribution is -2.53. The Kier molecular flexibility index (Phi) is 8.14. The van der Waals surface area contributed by atoms with Crippen molar-refractivity contribution in [1.29, 1.82) is 0 Å². The van der Waals surface area contributed by atoms with Crippen LogP contribution in [0, 0.1) is 17.2 Å². The fourth-order valence-electron chi connectivity index (χ4n) is 5.87. The Bertz CT molecular complexity index is 1150. The molecule has 212 valence electrons. The Labute approximate surface area is 226 Å². The molecule has 1 atom stereocenters. The van der Waals surface area contributed by atoms with Crippen molar-refractivity contribution in [3.63, 3.8) is 0 Å². The van der Waals surface area contributed by atoms with E-state index in [4.69, 9.17) is 4.74 Å². The van der Waals surface area contributed by atoms with Gasteiger partial charge in [0.2, 0.25) is 0 Å². The standard InChI is InChI=1S/C29H35F4N3O3/c30-24-15-21(22-4-6-25(34-16-22)27(38)36-12-1-3-23(37)17-36)5-7-26(24)39-18-20-8-13-35(14-9-20)19-28(10-2-11-28)29(31,32)33/h4-7,15-16,20,23,37H,1-3,8-14,17-19H2. The maximum atomic E-state index is 14.8. The van der Waals surface area contributed by atoms with Crippen molar-refractivity contribution in [3.8, 4) is 16.9 Å². The SMILES string of the molecule is O=C(c1ccc(-c2ccc(OCC3CCN(CC4(C(F)(F)F)CCC4)CC3)c(F)c2)cn1)N1CCCC(O)C1. The third kappa shape index (κ3) is 6.22. The third-order valence-corrected chi connectivity index (χ3v) is 8.55. The summed E-state index contributed by atoms with van der Waals surface area (Å²) in [6.45, 7) is 2.47. The number of piperidine rings is 2. The lowest BCUT2D eigenvalue weighted by atomic mass is 9.67. The Hall–Kier alpha value is -2.72. The molecule has 1 saturated carbocycles. The summed E-state index contributed by atoms with van der Waals surface area (Å²) in [4.78, 5) is 20.4. The smallest absolute Gasteiger partial charge is 0.395 e. The number of carbonyl (C=O) groups excluding carboxylic acids is 1. The van der Waals surface area contributed by atoms with Crippen LogP contribution in [0.1, 0.15) is 55.4 Å². The number of aliphatic hydroxyl groups is 1. The summed E-state index contributed by atoms with van der Waals surface area (Å²) in [5.41, 5.74) is -0.00179. The number of hydrogen-bond acceptors (Lipinski definition) is 5. The van der Waals surface area contributed by atoms with Crippen LogP contribution in [0.4, 0.5) is 17.6 Å². The van der Waals surface area contributed by atoms with Gasteiger partial charge >= 0.3 is 6.18 Å². The van der Waals surface area contributed by atoms with E-state index in [1.807, 2.05) is 4.90 Å². The summed E-state index contributed by atoms with van der Waals surface area (Å²) in [7, 11) is 0. The number of halogens is 4. The minimum atomic E-state index is -4.15. The minimum absolute atomic E-state index is 0.0749. The van der Waals surface area contributed by atoms with Gasteiger partial charge in [0.05, 0.1) is 18.1 Å². The van der Waals surface area contributed by atoms with Crippen LogP contribution in [0.5, 0.6) is 5.75 Å². The van der Waals surface area contributed by atoms with E-state index >= 15 is 0 Å². The van der Waals surface area contributed by atoms with Crippen LogP contribution in [0.2, 0.25) is 0 Å². The Balaban J connectivity index is 1.11. The highest BCUT2D eigenvalue weighted by atomic mass is 19.4. The van der Waals surface area contributed by atoms with Gasteiger partial charge in [0.15, 0.2) is 11.6 Å². The zero-order valence-corrected chi connectivity index (χ0v) is 21.9. The molecule has 39 heavy (non-hydrogen) atoms. The number of benzene rings is 1. The van der Waals surface area contributed by atoms with E-state index in [2.05, 4.69) is 4.98 Å². The molecule has 6 nitrogen and oxygen atoms in total. The van der Waals surface area contributed by atoms with Crippen LogP contribution in [0.25, 0.3) is 11.1 Å². The molecule has 1 N–H and O–H groups in total. The maximum Gasteiger partial charge on any atom is 0.395 e. The molecule has 1 amide bonds. The number of carbonyl (C=O) groups is 1. The van der Waals surface area contributed by atoms with Crippen LogP contribution < -0.4 is 4.74 Å². The van der Waals surface area contributed by atoms with Gasteiger partial charge in [-0.2, -0.15) is 13.2 Å². The molecule has 2 saturated heterocycles. The molecular formula is C29H35F4N3O3. The monoisotopic (exact) mass is 549 g/mol. The number of hydrogen-bond donors (Lipinski definition) is 1. The number of rotatable bonds is 7. The van der Waals surface area contributed by atoms with Gasteiger partial charge in [-0.15, -0.1) is 0 Å².